The SMILES string of the molecule is CCC(/C=C(/C)C[C@H](C)CCCCCCCCC[C@H](CC)CCN)CC. The Morgan fingerprint density at radius 3 is 1.81 bits per heavy atom. The van der Waals surface area contributed by atoms with E-state index in [0.29, 0.717) is 0 Å². The molecule has 26 heavy (non-hydrogen) atoms. The second-order valence-electron chi connectivity index (χ2n) is 8.80. The summed E-state index contributed by atoms with van der Waals surface area (Å²) in [6.07, 6.45) is 21.8. The van der Waals surface area contributed by atoms with Crippen molar-refractivity contribution < 1.29 is 0 Å². The fourth-order valence-corrected chi connectivity index (χ4v) is 4.24. The van der Waals surface area contributed by atoms with E-state index < -0.39 is 0 Å². The van der Waals surface area contributed by atoms with Crippen molar-refractivity contribution >= 4 is 0 Å². The van der Waals surface area contributed by atoms with Crippen LogP contribution in [0.1, 0.15) is 125 Å². The van der Waals surface area contributed by atoms with Crippen LogP contribution in [-0.4, -0.2) is 6.54 Å². The molecule has 156 valence electrons. The second-order valence-corrected chi connectivity index (χ2v) is 8.80. The number of allylic oxidation sites excluding steroid dienone is 2. The average molecular weight is 366 g/mol. The van der Waals surface area contributed by atoms with E-state index in [1.807, 2.05) is 0 Å². The van der Waals surface area contributed by atoms with Gasteiger partial charge in [0.05, 0.1) is 0 Å². The first-order chi connectivity index (χ1) is 12.6. The van der Waals surface area contributed by atoms with E-state index in [2.05, 4.69) is 40.7 Å². The summed E-state index contributed by atoms with van der Waals surface area (Å²) in [5, 5.41) is 0. The molecule has 0 aromatic heterocycles. The lowest BCUT2D eigenvalue weighted by atomic mass is 9.92. The summed E-state index contributed by atoms with van der Waals surface area (Å²) in [6.45, 7) is 12.6. The van der Waals surface area contributed by atoms with Gasteiger partial charge in [-0.25, -0.2) is 0 Å². The molecule has 0 bridgehead atoms. The second kappa shape index (κ2) is 18.1. The molecule has 0 aromatic carbocycles. The molecule has 0 spiro atoms. The Hall–Kier alpha value is -0.300. The molecule has 0 heterocycles. The summed E-state index contributed by atoms with van der Waals surface area (Å²) in [5.74, 6) is 2.53. The standard InChI is InChI=1S/C25H51N/c1-6-24(7-2)21-23(5)20-22(4)16-14-12-10-9-11-13-15-17-25(8-3)18-19-26/h21-22,24-25H,6-20,26H2,1-5H3/b23-21-/t22-,25+/m1/s1. The maximum absolute atomic E-state index is 5.68. The van der Waals surface area contributed by atoms with Crippen LogP contribution in [0.25, 0.3) is 0 Å². The minimum Gasteiger partial charge on any atom is -0.330 e. The Morgan fingerprint density at radius 1 is 0.769 bits per heavy atom. The Labute approximate surface area is 166 Å². The van der Waals surface area contributed by atoms with Crippen LogP contribution in [0.5, 0.6) is 0 Å². The van der Waals surface area contributed by atoms with Crippen LogP contribution in [-0.2, 0) is 0 Å². The molecule has 0 aromatic rings. The van der Waals surface area contributed by atoms with Crippen molar-refractivity contribution in [1.82, 2.24) is 0 Å². The molecule has 0 saturated carbocycles. The lowest BCUT2D eigenvalue weighted by Crippen LogP contribution is -2.07. The highest BCUT2D eigenvalue weighted by molar-refractivity contribution is 5.01. The van der Waals surface area contributed by atoms with E-state index in [-0.39, 0.29) is 0 Å². The molecular weight excluding hydrogens is 314 g/mol. The van der Waals surface area contributed by atoms with Gasteiger partial charge in [0.25, 0.3) is 0 Å². The van der Waals surface area contributed by atoms with E-state index in [4.69, 9.17) is 5.73 Å². The monoisotopic (exact) mass is 365 g/mol. The van der Waals surface area contributed by atoms with Crippen LogP contribution in [0.3, 0.4) is 0 Å². The van der Waals surface area contributed by atoms with Gasteiger partial charge < -0.3 is 5.73 Å². The predicted octanol–water partition coefficient (Wildman–Crippen LogP) is 8.28. The number of nitrogens with two attached hydrogens (primary N) is 1. The zero-order chi connectivity index (χ0) is 19.6. The van der Waals surface area contributed by atoms with Crippen LogP contribution < -0.4 is 5.73 Å². The van der Waals surface area contributed by atoms with Crippen molar-refractivity contribution in [3.05, 3.63) is 11.6 Å². The van der Waals surface area contributed by atoms with Crippen LogP contribution in [0, 0.1) is 17.8 Å². The van der Waals surface area contributed by atoms with E-state index in [0.717, 1.165) is 24.3 Å². The fourth-order valence-electron chi connectivity index (χ4n) is 4.24. The van der Waals surface area contributed by atoms with Crippen molar-refractivity contribution in [2.75, 3.05) is 6.54 Å². The van der Waals surface area contributed by atoms with Gasteiger partial charge in [-0.1, -0.05) is 104 Å². The maximum atomic E-state index is 5.68. The highest BCUT2D eigenvalue weighted by Crippen LogP contribution is 2.22. The van der Waals surface area contributed by atoms with Gasteiger partial charge in [-0.2, -0.15) is 0 Å². The zero-order valence-corrected chi connectivity index (χ0v) is 19.0. The van der Waals surface area contributed by atoms with Gasteiger partial charge in [-0.15, -0.1) is 0 Å². The quantitative estimate of drug-likeness (QED) is 0.192. The van der Waals surface area contributed by atoms with Gasteiger partial charge in [0.15, 0.2) is 0 Å². The summed E-state index contributed by atoms with van der Waals surface area (Å²) < 4.78 is 0. The van der Waals surface area contributed by atoms with Gasteiger partial charge in [-0.05, 0) is 56.9 Å². The molecule has 1 heteroatoms. The minimum absolute atomic E-state index is 0.796. The molecule has 0 aliphatic rings. The van der Waals surface area contributed by atoms with Gasteiger partial charge in [-0.3, -0.25) is 0 Å². The van der Waals surface area contributed by atoms with Crippen LogP contribution in [0.2, 0.25) is 0 Å². The van der Waals surface area contributed by atoms with Crippen molar-refractivity contribution in [2.24, 2.45) is 23.5 Å². The number of hydrogen-bond acceptors (Lipinski definition) is 1. The molecule has 0 radical (unpaired) electrons. The molecule has 0 amide bonds. The molecule has 0 fully saturated rings. The molecule has 2 atom stereocenters. The Bertz CT molecular complexity index is 316. The molecule has 0 saturated heterocycles. The van der Waals surface area contributed by atoms with Crippen LogP contribution in [0.15, 0.2) is 11.6 Å². The summed E-state index contributed by atoms with van der Waals surface area (Å²) in [4.78, 5) is 0. The summed E-state index contributed by atoms with van der Waals surface area (Å²) in [7, 11) is 0. The topological polar surface area (TPSA) is 26.0 Å². The smallest absolute Gasteiger partial charge is 0.00746 e. The number of rotatable bonds is 18. The van der Waals surface area contributed by atoms with Gasteiger partial charge in [0.1, 0.15) is 0 Å². The average Bonchev–Trinajstić information content (AvgIpc) is 2.63. The van der Waals surface area contributed by atoms with E-state index in [9.17, 15) is 0 Å². The molecule has 0 aliphatic heterocycles. The van der Waals surface area contributed by atoms with E-state index >= 15 is 0 Å². The molecular formula is C25H51N. The van der Waals surface area contributed by atoms with Crippen molar-refractivity contribution in [2.45, 2.75) is 125 Å². The molecule has 0 rings (SSSR count). The fraction of sp³-hybridized carbons (Fsp3) is 0.920. The first kappa shape index (κ1) is 25.7. The molecule has 0 aliphatic carbocycles. The van der Waals surface area contributed by atoms with Gasteiger partial charge in [0, 0.05) is 0 Å². The zero-order valence-electron chi connectivity index (χ0n) is 19.0. The van der Waals surface area contributed by atoms with Crippen molar-refractivity contribution in [3.8, 4) is 0 Å². The van der Waals surface area contributed by atoms with Crippen molar-refractivity contribution in [1.29, 1.82) is 0 Å². The van der Waals surface area contributed by atoms with E-state index in [1.165, 1.54) is 89.9 Å². The maximum Gasteiger partial charge on any atom is -0.00746 e. The molecule has 2 N–H and O–H groups in total. The Morgan fingerprint density at radius 2 is 1.31 bits per heavy atom. The molecule has 1 nitrogen and oxygen atoms in total. The minimum atomic E-state index is 0.796. The van der Waals surface area contributed by atoms with Crippen LogP contribution in [0.4, 0.5) is 0 Å². The predicted molar refractivity (Wildman–Crippen MR) is 121 cm³/mol. The normalized spacial score (nSPS) is 14.8. The lowest BCUT2D eigenvalue weighted by molar-refractivity contribution is 0.415. The third kappa shape index (κ3) is 14.8. The largest absolute Gasteiger partial charge is 0.330 e. The Kier molecular flexibility index (Phi) is 17.9. The summed E-state index contributed by atoms with van der Waals surface area (Å²) in [5.41, 5.74) is 7.30. The number of unbranched alkanes of at least 4 members (excludes halogenated alkanes) is 6. The number of hydrogen-bond donors (Lipinski definition) is 1. The third-order valence-electron chi connectivity index (χ3n) is 6.20. The van der Waals surface area contributed by atoms with Crippen LogP contribution >= 0.6 is 0 Å². The van der Waals surface area contributed by atoms with Gasteiger partial charge in [0.2, 0.25) is 0 Å². The third-order valence-corrected chi connectivity index (χ3v) is 6.20. The highest BCUT2D eigenvalue weighted by Gasteiger charge is 2.06. The highest BCUT2D eigenvalue weighted by atomic mass is 14.5. The van der Waals surface area contributed by atoms with E-state index in [1.54, 1.807) is 5.57 Å². The summed E-state index contributed by atoms with van der Waals surface area (Å²) >= 11 is 0. The first-order valence-corrected chi connectivity index (χ1v) is 11.9. The molecule has 0 unspecified atom stereocenters. The van der Waals surface area contributed by atoms with Gasteiger partial charge >= 0.3 is 0 Å². The first-order valence-electron chi connectivity index (χ1n) is 11.9. The Balaban J connectivity index is 3.57. The van der Waals surface area contributed by atoms with Crippen molar-refractivity contribution in [3.63, 3.8) is 0 Å². The summed E-state index contributed by atoms with van der Waals surface area (Å²) in [6, 6.07) is 0. The lowest BCUT2D eigenvalue weighted by Gasteiger charge is -2.14.